The highest BCUT2D eigenvalue weighted by atomic mass is 35.5. The molecule has 11 heteroatoms. The number of methoxy groups -OCH3 is 1. The molecule has 3 heterocycles. The highest BCUT2D eigenvalue weighted by Gasteiger charge is 2.37. The molecular weight excluding hydrogens is 522 g/mol. The van der Waals surface area contributed by atoms with Crippen LogP contribution in [0.3, 0.4) is 0 Å². The average Bonchev–Trinajstić information content (AvgIpc) is 3.33. The molecule has 2 aromatic heterocycles. The van der Waals surface area contributed by atoms with Crippen molar-refractivity contribution in [2.45, 2.75) is 12.5 Å². The van der Waals surface area contributed by atoms with Gasteiger partial charge in [-0.1, -0.05) is 23.7 Å². The Balaban J connectivity index is 1.33. The number of piperidine rings is 1. The van der Waals surface area contributed by atoms with Gasteiger partial charge in [-0.15, -0.1) is 0 Å². The third kappa shape index (κ3) is 5.51. The summed E-state index contributed by atoms with van der Waals surface area (Å²) < 4.78 is 6.36. The number of halogens is 1. The molecule has 4 aromatic rings. The van der Waals surface area contributed by atoms with Crippen LogP contribution in [0.1, 0.15) is 16.8 Å². The lowest BCUT2D eigenvalue weighted by atomic mass is 9.90. The smallest absolute Gasteiger partial charge is 0.409 e. The number of H-pyrrole nitrogens is 1. The van der Waals surface area contributed by atoms with Crippen LogP contribution in [-0.4, -0.2) is 58.6 Å². The van der Waals surface area contributed by atoms with E-state index in [1.54, 1.807) is 67.0 Å². The van der Waals surface area contributed by atoms with Crippen LogP contribution >= 0.6 is 11.6 Å². The monoisotopic (exact) mass is 547 g/mol. The number of anilines is 1. The minimum atomic E-state index is -0.657. The number of ether oxygens (including phenoxy) is 1. The van der Waals surface area contributed by atoms with Gasteiger partial charge in [0.1, 0.15) is 0 Å². The molecule has 5 rings (SSSR count). The summed E-state index contributed by atoms with van der Waals surface area (Å²) in [6.07, 6.45) is 3.12. The van der Waals surface area contributed by atoms with E-state index in [4.69, 9.17) is 16.3 Å². The molecule has 1 aliphatic rings. The Bertz CT molecular complexity index is 1600. The summed E-state index contributed by atoms with van der Waals surface area (Å²) in [5, 5.41) is 7.18. The van der Waals surface area contributed by atoms with Crippen molar-refractivity contribution >= 4 is 46.1 Å². The summed E-state index contributed by atoms with van der Waals surface area (Å²) in [7, 11) is 1.29. The molecule has 0 bridgehead atoms. The number of likely N-dealkylation sites (tertiary alicyclic amines) is 1. The Hall–Kier alpha value is -4.57. The molecule has 2 aromatic carbocycles. The predicted octanol–water partition coefficient (Wildman–Crippen LogP) is 3.80. The van der Waals surface area contributed by atoms with Crippen LogP contribution in [0.25, 0.3) is 16.6 Å². The Kier molecular flexibility index (Phi) is 7.38. The van der Waals surface area contributed by atoms with Crippen molar-refractivity contribution in [3.63, 3.8) is 0 Å². The fourth-order valence-electron chi connectivity index (χ4n) is 4.77. The standard InChI is InChI=1S/C28H26ClN5O5/c1-39-28(38)33-13-11-21(24(16-33)32-26(36)17-5-10-20-22(29)15-30-23(20)14-17)27(37)31-18-6-8-19(9-7-18)34-12-3-2-4-25(34)35/h2-10,12,14-15,21,24,30H,11,13,16H2,1H3,(H,31,37)(H,32,36)/t21-,24-/m0/s1. The maximum atomic E-state index is 13.4. The van der Waals surface area contributed by atoms with Gasteiger partial charge in [0.2, 0.25) is 5.91 Å². The zero-order valence-electron chi connectivity index (χ0n) is 21.0. The van der Waals surface area contributed by atoms with Gasteiger partial charge in [-0.2, -0.15) is 0 Å². The minimum Gasteiger partial charge on any atom is -0.453 e. The number of amides is 3. The molecule has 3 amide bonds. The molecule has 1 saturated heterocycles. The van der Waals surface area contributed by atoms with Crippen molar-refractivity contribution in [1.82, 2.24) is 19.8 Å². The van der Waals surface area contributed by atoms with Crippen LogP contribution in [0, 0.1) is 5.92 Å². The predicted molar refractivity (Wildman–Crippen MR) is 147 cm³/mol. The highest BCUT2D eigenvalue weighted by molar-refractivity contribution is 6.35. The first-order valence-electron chi connectivity index (χ1n) is 12.3. The van der Waals surface area contributed by atoms with Gasteiger partial charge in [0.25, 0.3) is 11.5 Å². The Morgan fingerprint density at radius 1 is 1.08 bits per heavy atom. The van der Waals surface area contributed by atoms with E-state index in [2.05, 4.69) is 15.6 Å². The van der Waals surface area contributed by atoms with Crippen LogP contribution < -0.4 is 16.2 Å². The van der Waals surface area contributed by atoms with Gasteiger partial charge in [0, 0.05) is 59.4 Å². The maximum Gasteiger partial charge on any atom is 0.409 e. The number of pyridine rings is 1. The van der Waals surface area contributed by atoms with Gasteiger partial charge < -0.3 is 25.3 Å². The molecule has 2 atom stereocenters. The normalized spacial score (nSPS) is 17.0. The van der Waals surface area contributed by atoms with Crippen molar-refractivity contribution in [3.8, 4) is 5.69 Å². The summed E-state index contributed by atoms with van der Waals surface area (Å²) in [5.41, 5.74) is 2.14. The van der Waals surface area contributed by atoms with Crippen molar-refractivity contribution in [2.75, 3.05) is 25.5 Å². The molecule has 3 N–H and O–H groups in total. The van der Waals surface area contributed by atoms with Gasteiger partial charge in [0.15, 0.2) is 0 Å². The van der Waals surface area contributed by atoms with Gasteiger partial charge in [-0.3, -0.25) is 19.0 Å². The summed E-state index contributed by atoms with van der Waals surface area (Å²) in [4.78, 5) is 55.3. The largest absolute Gasteiger partial charge is 0.453 e. The summed E-state index contributed by atoms with van der Waals surface area (Å²) in [5.74, 6) is -1.27. The van der Waals surface area contributed by atoms with E-state index in [-0.39, 0.29) is 23.9 Å². The number of benzene rings is 2. The number of nitrogens with zero attached hydrogens (tertiary/aromatic N) is 2. The molecule has 0 saturated carbocycles. The van der Waals surface area contributed by atoms with Crippen LogP contribution in [0.5, 0.6) is 0 Å². The molecule has 200 valence electrons. The number of hydrogen-bond donors (Lipinski definition) is 3. The van der Waals surface area contributed by atoms with E-state index in [0.29, 0.717) is 40.4 Å². The fourth-order valence-corrected chi connectivity index (χ4v) is 4.99. The van der Waals surface area contributed by atoms with Crippen molar-refractivity contribution in [2.24, 2.45) is 5.92 Å². The van der Waals surface area contributed by atoms with Gasteiger partial charge in [0.05, 0.1) is 24.1 Å². The van der Waals surface area contributed by atoms with Crippen molar-refractivity contribution < 1.29 is 19.1 Å². The van der Waals surface area contributed by atoms with Crippen LogP contribution in [0.15, 0.2) is 77.9 Å². The quantitative estimate of drug-likeness (QED) is 0.350. The van der Waals surface area contributed by atoms with Crippen molar-refractivity contribution in [1.29, 1.82) is 0 Å². The number of carbonyl (C=O) groups excluding carboxylic acids is 3. The summed E-state index contributed by atoms with van der Waals surface area (Å²) in [6.45, 7) is 0.420. The van der Waals surface area contributed by atoms with Gasteiger partial charge >= 0.3 is 6.09 Å². The lowest BCUT2D eigenvalue weighted by molar-refractivity contribution is -0.122. The molecule has 0 spiro atoms. The number of hydrogen-bond acceptors (Lipinski definition) is 5. The second-order valence-electron chi connectivity index (χ2n) is 9.23. The zero-order chi connectivity index (χ0) is 27.5. The van der Waals surface area contributed by atoms with Gasteiger partial charge in [-0.25, -0.2) is 4.79 Å². The average molecular weight is 548 g/mol. The van der Waals surface area contributed by atoms with E-state index in [0.717, 1.165) is 5.39 Å². The molecule has 0 radical (unpaired) electrons. The van der Waals surface area contributed by atoms with Crippen LogP contribution in [0.2, 0.25) is 5.02 Å². The zero-order valence-corrected chi connectivity index (χ0v) is 21.8. The molecule has 1 fully saturated rings. The Labute approximate surface area is 228 Å². The lowest BCUT2D eigenvalue weighted by Gasteiger charge is -2.37. The molecule has 0 aliphatic carbocycles. The second-order valence-corrected chi connectivity index (χ2v) is 9.64. The number of fused-ring (bicyclic) bond motifs is 1. The summed E-state index contributed by atoms with van der Waals surface area (Å²) >= 11 is 6.15. The third-order valence-electron chi connectivity index (χ3n) is 6.83. The Morgan fingerprint density at radius 2 is 1.87 bits per heavy atom. The maximum absolute atomic E-state index is 13.4. The first-order chi connectivity index (χ1) is 18.8. The van der Waals surface area contributed by atoms with E-state index < -0.39 is 18.1 Å². The van der Waals surface area contributed by atoms with Crippen molar-refractivity contribution in [3.05, 3.63) is 94.0 Å². The molecular formula is C28H26ClN5O5. The number of aromatic nitrogens is 2. The number of nitrogens with one attached hydrogen (secondary N) is 3. The van der Waals surface area contributed by atoms with E-state index >= 15 is 0 Å². The minimum absolute atomic E-state index is 0.114. The lowest BCUT2D eigenvalue weighted by Crippen LogP contribution is -2.56. The molecule has 10 nitrogen and oxygen atoms in total. The first-order valence-corrected chi connectivity index (χ1v) is 12.7. The van der Waals surface area contributed by atoms with Gasteiger partial charge in [-0.05, 0) is 48.9 Å². The first kappa shape index (κ1) is 26.1. The molecule has 1 aliphatic heterocycles. The second kappa shape index (κ2) is 11.0. The number of rotatable bonds is 5. The fraction of sp³-hybridized carbons (Fsp3) is 0.214. The van der Waals surface area contributed by atoms with Crippen LogP contribution in [-0.2, 0) is 9.53 Å². The van der Waals surface area contributed by atoms with E-state index in [1.165, 1.54) is 22.6 Å². The topological polar surface area (TPSA) is 126 Å². The Morgan fingerprint density at radius 3 is 2.62 bits per heavy atom. The molecule has 0 unspecified atom stereocenters. The number of aromatic amines is 1. The van der Waals surface area contributed by atoms with E-state index in [1.807, 2.05) is 0 Å². The number of carbonyl (C=O) groups is 3. The van der Waals surface area contributed by atoms with Crippen LogP contribution in [0.4, 0.5) is 10.5 Å². The highest BCUT2D eigenvalue weighted by Crippen LogP contribution is 2.25. The SMILES string of the molecule is COC(=O)N1CC[C@H](C(=O)Nc2ccc(-n3ccccc3=O)cc2)[C@@H](NC(=O)c2ccc3c(Cl)c[nH]c3c2)C1. The van der Waals surface area contributed by atoms with E-state index in [9.17, 15) is 19.2 Å². The third-order valence-corrected chi connectivity index (χ3v) is 7.14. The summed E-state index contributed by atoms with van der Waals surface area (Å²) in [6, 6.07) is 16.2. The molecule has 39 heavy (non-hydrogen) atoms.